The molecule has 0 fully saturated rings. The van der Waals surface area contributed by atoms with Crippen LogP contribution in [0.2, 0.25) is 0 Å². The van der Waals surface area contributed by atoms with Crippen LogP contribution in [-0.2, 0) is 9.53 Å². The summed E-state index contributed by atoms with van der Waals surface area (Å²) in [6.45, 7) is 4.38. The third-order valence-electron chi connectivity index (χ3n) is 1.61. The van der Waals surface area contributed by atoms with Crippen LogP contribution in [0.5, 0.6) is 0 Å². The largest absolute Gasteiger partial charge is 0.466 e. The molecular weight excluding hydrogens is 350 g/mol. The Kier molecular flexibility index (Phi) is 23.1. The number of carbonyl (C=O) groups is 1. The van der Waals surface area contributed by atoms with E-state index in [1.54, 1.807) is 12.4 Å². The highest BCUT2D eigenvalue weighted by Gasteiger charge is 1.97. The average molecular weight is 371 g/mol. The van der Waals surface area contributed by atoms with Crippen molar-refractivity contribution >= 4 is 39.9 Å². The number of carbonyl (C=O) groups excluding carboxylic acids is 1. The van der Waals surface area contributed by atoms with E-state index in [-0.39, 0.29) is 39.9 Å². The van der Waals surface area contributed by atoms with Crippen LogP contribution in [0.25, 0.3) is 0 Å². The summed E-state index contributed by atoms with van der Waals surface area (Å²) in [4.78, 5) is 14.4. The van der Waals surface area contributed by atoms with E-state index in [4.69, 9.17) is 4.74 Å². The Balaban J connectivity index is -0.000000216. The molecule has 0 N–H and O–H groups in total. The van der Waals surface area contributed by atoms with Gasteiger partial charge in [0.15, 0.2) is 0 Å². The van der Waals surface area contributed by atoms with Crippen LogP contribution in [0.4, 0.5) is 0 Å². The molecule has 0 aromatic carbocycles. The van der Waals surface area contributed by atoms with Gasteiger partial charge in [-0.2, -0.15) is 0 Å². The average Bonchev–Trinajstić information content (AvgIpc) is 2.30. The van der Waals surface area contributed by atoms with Gasteiger partial charge in [-0.05, 0) is 25.5 Å². The smallest absolute Gasteiger partial charge is 0.305 e. The molecule has 0 aliphatic carbocycles. The minimum atomic E-state index is -0.0700. The van der Waals surface area contributed by atoms with Crippen molar-refractivity contribution in [1.82, 2.24) is 4.98 Å². The molecule has 3 nitrogen and oxygen atoms in total. The number of aromatic nitrogens is 1. The number of rotatable bonds is 4. The number of esters is 1. The maximum atomic E-state index is 10.6. The number of nitrogens with zero attached hydrogens (tertiary/aromatic N) is 1. The minimum Gasteiger partial charge on any atom is -0.466 e. The fourth-order valence-corrected chi connectivity index (χ4v) is 0.867. The second kappa shape index (κ2) is 18.0. The summed E-state index contributed by atoms with van der Waals surface area (Å²) in [6, 6.07) is 5.72. The molecule has 0 aliphatic rings. The molecular formula is C12H21Br2NO2. The molecule has 0 aliphatic heterocycles. The predicted octanol–water partition coefficient (Wildman–Crippen LogP) is 3.98. The fourth-order valence-electron chi connectivity index (χ4n) is 0.867. The topological polar surface area (TPSA) is 39.2 Å². The van der Waals surface area contributed by atoms with E-state index >= 15 is 0 Å². The Labute approximate surface area is 125 Å². The predicted molar refractivity (Wildman–Crippen MR) is 81.0 cm³/mol. The molecule has 0 unspecified atom stereocenters. The van der Waals surface area contributed by atoms with Crippen molar-refractivity contribution in [3.8, 4) is 0 Å². The zero-order valence-corrected chi connectivity index (χ0v) is 13.7. The molecule has 17 heavy (non-hydrogen) atoms. The number of hydrogen-bond donors (Lipinski definition) is 0. The molecule has 1 aromatic heterocycles. The van der Waals surface area contributed by atoms with Crippen molar-refractivity contribution < 1.29 is 9.53 Å². The van der Waals surface area contributed by atoms with Crippen LogP contribution in [0.3, 0.4) is 0 Å². The van der Waals surface area contributed by atoms with Gasteiger partial charge in [-0.1, -0.05) is 19.4 Å². The van der Waals surface area contributed by atoms with E-state index in [9.17, 15) is 4.79 Å². The van der Waals surface area contributed by atoms with E-state index in [2.05, 4.69) is 11.9 Å². The van der Waals surface area contributed by atoms with Crippen molar-refractivity contribution in [3.63, 3.8) is 0 Å². The lowest BCUT2D eigenvalue weighted by molar-refractivity contribution is -0.143. The van der Waals surface area contributed by atoms with E-state index in [1.807, 2.05) is 25.1 Å². The Morgan fingerprint density at radius 3 is 2.00 bits per heavy atom. The van der Waals surface area contributed by atoms with Crippen LogP contribution in [0.1, 0.15) is 33.1 Å². The number of halogens is 2. The Morgan fingerprint density at radius 2 is 1.71 bits per heavy atom. The first-order chi connectivity index (χ1) is 7.31. The lowest BCUT2D eigenvalue weighted by atomic mass is 10.3. The lowest BCUT2D eigenvalue weighted by Crippen LogP contribution is -2.02. The van der Waals surface area contributed by atoms with Gasteiger partial charge in [-0.25, -0.2) is 0 Å². The third kappa shape index (κ3) is 18.2. The van der Waals surface area contributed by atoms with Crippen molar-refractivity contribution in [2.75, 3.05) is 6.61 Å². The van der Waals surface area contributed by atoms with Crippen molar-refractivity contribution in [2.45, 2.75) is 33.1 Å². The Hall–Kier alpha value is -0.420. The van der Waals surface area contributed by atoms with E-state index < -0.39 is 0 Å². The van der Waals surface area contributed by atoms with E-state index in [1.165, 1.54) is 0 Å². The standard InChI is InChI=1S/C7H14O2.C5H5N.2BrH/c1-3-5-6-7(8)9-4-2;1-2-4-6-5-3-1;;/h3-6H2,1-2H3;1-5H;2*1H. The zero-order valence-electron chi connectivity index (χ0n) is 10.3. The Morgan fingerprint density at radius 1 is 1.12 bits per heavy atom. The molecule has 0 saturated carbocycles. The summed E-state index contributed by atoms with van der Waals surface area (Å²) in [7, 11) is 0. The molecule has 1 heterocycles. The molecule has 0 atom stereocenters. The number of unbranched alkanes of at least 4 members (excludes halogenated alkanes) is 1. The molecule has 0 amide bonds. The SMILES string of the molecule is Br.Br.CCCCC(=O)OCC.c1ccncc1. The summed E-state index contributed by atoms with van der Waals surface area (Å²) < 4.78 is 4.70. The van der Waals surface area contributed by atoms with Gasteiger partial charge in [-0.3, -0.25) is 9.78 Å². The van der Waals surface area contributed by atoms with Crippen LogP contribution in [-0.4, -0.2) is 17.6 Å². The van der Waals surface area contributed by atoms with Crippen LogP contribution in [0.15, 0.2) is 30.6 Å². The third-order valence-corrected chi connectivity index (χ3v) is 1.61. The van der Waals surface area contributed by atoms with Crippen LogP contribution >= 0.6 is 34.0 Å². The van der Waals surface area contributed by atoms with E-state index in [0.29, 0.717) is 13.0 Å². The van der Waals surface area contributed by atoms with Gasteiger partial charge in [0.05, 0.1) is 6.61 Å². The molecule has 5 heteroatoms. The number of hydrogen-bond acceptors (Lipinski definition) is 3. The molecule has 0 bridgehead atoms. The molecule has 100 valence electrons. The maximum Gasteiger partial charge on any atom is 0.305 e. The van der Waals surface area contributed by atoms with Gasteiger partial charge in [0.2, 0.25) is 0 Å². The minimum absolute atomic E-state index is 0. The fraction of sp³-hybridized carbons (Fsp3) is 0.500. The number of ether oxygens (including phenoxy) is 1. The Bertz CT molecular complexity index is 219. The van der Waals surface area contributed by atoms with Crippen molar-refractivity contribution in [3.05, 3.63) is 30.6 Å². The second-order valence-corrected chi connectivity index (χ2v) is 2.93. The summed E-state index contributed by atoms with van der Waals surface area (Å²) >= 11 is 0. The van der Waals surface area contributed by atoms with Crippen molar-refractivity contribution in [1.29, 1.82) is 0 Å². The van der Waals surface area contributed by atoms with Crippen LogP contribution in [0, 0.1) is 0 Å². The first kappa shape index (κ1) is 21.8. The number of pyridine rings is 1. The second-order valence-electron chi connectivity index (χ2n) is 2.93. The maximum absolute atomic E-state index is 10.6. The highest BCUT2D eigenvalue weighted by atomic mass is 79.9. The molecule has 0 saturated heterocycles. The van der Waals surface area contributed by atoms with Gasteiger partial charge >= 0.3 is 5.97 Å². The zero-order chi connectivity index (χ0) is 11.4. The van der Waals surface area contributed by atoms with Gasteiger partial charge in [0.25, 0.3) is 0 Å². The summed E-state index contributed by atoms with van der Waals surface area (Å²) in [5.41, 5.74) is 0. The first-order valence-electron chi connectivity index (χ1n) is 5.31. The van der Waals surface area contributed by atoms with E-state index in [0.717, 1.165) is 12.8 Å². The molecule has 0 radical (unpaired) electrons. The lowest BCUT2D eigenvalue weighted by Gasteiger charge is -1.97. The summed E-state index contributed by atoms with van der Waals surface area (Å²) in [5, 5.41) is 0. The van der Waals surface area contributed by atoms with Gasteiger partial charge in [0.1, 0.15) is 0 Å². The van der Waals surface area contributed by atoms with Gasteiger partial charge in [-0.15, -0.1) is 34.0 Å². The molecule has 1 aromatic rings. The van der Waals surface area contributed by atoms with Gasteiger partial charge < -0.3 is 4.74 Å². The first-order valence-corrected chi connectivity index (χ1v) is 5.31. The normalized spacial score (nSPS) is 7.65. The highest BCUT2D eigenvalue weighted by Crippen LogP contribution is 1.95. The van der Waals surface area contributed by atoms with Gasteiger partial charge in [0, 0.05) is 18.8 Å². The highest BCUT2D eigenvalue weighted by molar-refractivity contribution is 8.93. The molecule has 1 rings (SSSR count). The molecule has 0 spiro atoms. The summed E-state index contributed by atoms with van der Waals surface area (Å²) in [6.07, 6.45) is 6.07. The summed E-state index contributed by atoms with van der Waals surface area (Å²) in [5.74, 6) is -0.0700. The quantitative estimate of drug-likeness (QED) is 0.752. The monoisotopic (exact) mass is 369 g/mol. The van der Waals surface area contributed by atoms with Crippen LogP contribution < -0.4 is 0 Å². The van der Waals surface area contributed by atoms with Crippen molar-refractivity contribution in [2.24, 2.45) is 0 Å².